The van der Waals surface area contributed by atoms with Gasteiger partial charge >= 0.3 is 0 Å². The molecule has 1 aromatic rings. The largest absolute Gasteiger partial charge is 0.492 e. The predicted molar refractivity (Wildman–Crippen MR) is 61.6 cm³/mol. The highest BCUT2D eigenvalue weighted by atomic mass is 35.5. The van der Waals surface area contributed by atoms with Crippen molar-refractivity contribution in [2.75, 3.05) is 11.9 Å². The van der Waals surface area contributed by atoms with Crippen molar-refractivity contribution in [1.29, 1.82) is 0 Å². The van der Waals surface area contributed by atoms with Gasteiger partial charge in [-0.1, -0.05) is 23.4 Å². The SMILES string of the molecule is CCOc1cc(Cl)cc2c1NC(C)S2. The van der Waals surface area contributed by atoms with Crippen LogP contribution >= 0.6 is 23.4 Å². The van der Waals surface area contributed by atoms with E-state index in [1.807, 2.05) is 19.1 Å². The molecular formula is C10H12ClNOS. The van der Waals surface area contributed by atoms with E-state index in [2.05, 4.69) is 12.2 Å². The Hall–Kier alpha value is -0.540. The average molecular weight is 230 g/mol. The molecule has 0 bridgehead atoms. The Kier molecular flexibility index (Phi) is 2.79. The molecule has 0 spiro atoms. The molecule has 0 saturated heterocycles. The molecule has 1 aliphatic heterocycles. The van der Waals surface area contributed by atoms with Crippen molar-refractivity contribution in [3.05, 3.63) is 17.2 Å². The van der Waals surface area contributed by atoms with E-state index in [1.54, 1.807) is 11.8 Å². The van der Waals surface area contributed by atoms with E-state index in [1.165, 1.54) is 4.90 Å². The van der Waals surface area contributed by atoms with Crippen molar-refractivity contribution in [1.82, 2.24) is 0 Å². The van der Waals surface area contributed by atoms with Crippen LogP contribution in [0.5, 0.6) is 5.75 Å². The van der Waals surface area contributed by atoms with Crippen molar-refractivity contribution in [2.45, 2.75) is 24.1 Å². The Morgan fingerprint density at radius 3 is 3.07 bits per heavy atom. The Labute approximate surface area is 93.0 Å². The maximum absolute atomic E-state index is 5.99. The maximum atomic E-state index is 5.99. The molecule has 0 aliphatic carbocycles. The van der Waals surface area contributed by atoms with Crippen LogP contribution in [-0.4, -0.2) is 12.0 Å². The number of benzene rings is 1. The van der Waals surface area contributed by atoms with Crippen molar-refractivity contribution in [2.24, 2.45) is 0 Å². The minimum Gasteiger partial charge on any atom is -0.492 e. The third kappa shape index (κ3) is 1.79. The van der Waals surface area contributed by atoms with Crippen LogP contribution < -0.4 is 10.1 Å². The molecule has 0 fully saturated rings. The summed E-state index contributed by atoms with van der Waals surface area (Å²) < 4.78 is 5.52. The highest BCUT2D eigenvalue weighted by Crippen LogP contribution is 2.45. The fourth-order valence-corrected chi connectivity index (χ4v) is 2.79. The zero-order valence-electron chi connectivity index (χ0n) is 8.13. The van der Waals surface area contributed by atoms with E-state index in [9.17, 15) is 0 Å². The zero-order valence-corrected chi connectivity index (χ0v) is 9.71. The fourth-order valence-electron chi connectivity index (χ4n) is 1.49. The summed E-state index contributed by atoms with van der Waals surface area (Å²) in [5, 5.41) is 4.48. The van der Waals surface area contributed by atoms with E-state index in [4.69, 9.17) is 16.3 Å². The monoisotopic (exact) mass is 229 g/mol. The van der Waals surface area contributed by atoms with Gasteiger partial charge in [-0.3, -0.25) is 0 Å². The summed E-state index contributed by atoms with van der Waals surface area (Å²) in [5.41, 5.74) is 1.08. The second-order valence-corrected chi connectivity index (χ2v) is 4.93. The van der Waals surface area contributed by atoms with Crippen LogP contribution in [-0.2, 0) is 0 Å². The van der Waals surface area contributed by atoms with Crippen LogP contribution in [0.2, 0.25) is 5.02 Å². The van der Waals surface area contributed by atoms with Crippen LogP contribution in [0.25, 0.3) is 0 Å². The first kappa shape index (κ1) is 9.99. The van der Waals surface area contributed by atoms with Crippen molar-refractivity contribution >= 4 is 29.1 Å². The molecule has 1 atom stereocenters. The number of nitrogens with one attached hydrogen (secondary N) is 1. The fraction of sp³-hybridized carbons (Fsp3) is 0.400. The molecule has 76 valence electrons. The first-order valence-corrected chi connectivity index (χ1v) is 5.86. The van der Waals surface area contributed by atoms with E-state index >= 15 is 0 Å². The molecule has 4 heteroatoms. The lowest BCUT2D eigenvalue weighted by molar-refractivity contribution is 0.341. The molecular weight excluding hydrogens is 218 g/mol. The van der Waals surface area contributed by atoms with Gasteiger partial charge in [0, 0.05) is 16.0 Å². The van der Waals surface area contributed by atoms with E-state index in [0.717, 1.165) is 16.5 Å². The average Bonchev–Trinajstić information content (AvgIpc) is 2.45. The van der Waals surface area contributed by atoms with Crippen molar-refractivity contribution in [3.63, 3.8) is 0 Å². The van der Waals surface area contributed by atoms with Crippen LogP contribution in [0.3, 0.4) is 0 Å². The summed E-state index contributed by atoms with van der Waals surface area (Å²) in [6.07, 6.45) is 0. The maximum Gasteiger partial charge on any atom is 0.145 e. The summed E-state index contributed by atoms with van der Waals surface area (Å²) in [5.74, 6) is 0.854. The highest BCUT2D eigenvalue weighted by molar-refractivity contribution is 8.00. The smallest absolute Gasteiger partial charge is 0.145 e. The van der Waals surface area contributed by atoms with Crippen LogP contribution in [0.4, 0.5) is 5.69 Å². The van der Waals surface area contributed by atoms with Gasteiger partial charge in [0.15, 0.2) is 0 Å². The summed E-state index contributed by atoms with van der Waals surface area (Å²) in [7, 11) is 0. The molecule has 1 N–H and O–H groups in total. The van der Waals surface area contributed by atoms with E-state index < -0.39 is 0 Å². The minimum absolute atomic E-state index is 0.391. The van der Waals surface area contributed by atoms with Crippen LogP contribution in [0.15, 0.2) is 17.0 Å². The van der Waals surface area contributed by atoms with Gasteiger partial charge in [0.2, 0.25) is 0 Å². The second-order valence-electron chi connectivity index (χ2n) is 3.11. The third-order valence-corrected chi connectivity index (χ3v) is 3.25. The number of halogens is 1. The van der Waals surface area contributed by atoms with Gasteiger partial charge in [-0.2, -0.15) is 0 Å². The van der Waals surface area contributed by atoms with Gasteiger partial charge in [-0.15, -0.1) is 0 Å². The number of hydrogen-bond donors (Lipinski definition) is 1. The van der Waals surface area contributed by atoms with Gasteiger partial charge in [-0.05, 0) is 19.9 Å². The van der Waals surface area contributed by atoms with Crippen molar-refractivity contribution < 1.29 is 4.74 Å². The second kappa shape index (κ2) is 3.91. The van der Waals surface area contributed by atoms with Gasteiger partial charge < -0.3 is 10.1 Å². The summed E-state index contributed by atoms with van der Waals surface area (Å²) in [6.45, 7) is 4.75. The Balaban J connectivity index is 2.41. The molecule has 0 amide bonds. The van der Waals surface area contributed by atoms with E-state index in [0.29, 0.717) is 12.0 Å². The molecule has 1 heterocycles. The lowest BCUT2D eigenvalue weighted by Gasteiger charge is -2.09. The number of rotatable bonds is 2. The Bertz CT molecular complexity index is 356. The number of fused-ring (bicyclic) bond motifs is 1. The third-order valence-electron chi connectivity index (χ3n) is 1.98. The zero-order chi connectivity index (χ0) is 10.1. The van der Waals surface area contributed by atoms with Gasteiger partial charge in [-0.25, -0.2) is 0 Å². The number of ether oxygens (including phenoxy) is 1. The highest BCUT2D eigenvalue weighted by Gasteiger charge is 2.21. The van der Waals surface area contributed by atoms with Gasteiger partial charge in [0.05, 0.1) is 17.7 Å². The lowest BCUT2D eigenvalue weighted by Crippen LogP contribution is -2.04. The molecule has 1 unspecified atom stereocenters. The summed E-state index contributed by atoms with van der Waals surface area (Å²) >= 11 is 7.76. The molecule has 1 aromatic carbocycles. The molecule has 0 radical (unpaired) electrons. The minimum atomic E-state index is 0.391. The number of hydrogen-bond acceptors (Lipinski definition) is 3. The molecule has 0 saturated carbocycles. The quantitative estimate of drug-likeness (QED) is 0.837. The Morgan fingerprint density at radius 2 is 2.36 bits per heavy atom. The van der Waals surface area contributed by atoms with E-state index in [-0.39, 0.29) is 0 Å². The van der Waals surface area contributed by atoms with Gasteiger partial charge in [0.25, 0.3) is 0 Å². The van der Waals surface area contributed by atoms with Crippen LogP contribution in [0.1, 0.15) is 13.8 Å². The summed E-state index contributed by atoms with van der Waals surface area (Å²) in [4.78, 5) is 1.17. The lowest BCUT2D eigenvalue weighted by atomic mass is 10.3. The molecule has 14 heavy (non-hydrogen) atoms. The van der Waals surface area contributed by atoms with Crippen molar-refractivity contribution in [3.8, 4) is 5.75 Å². The normalized spacial score (nSPS) is 18.9. The molecule has 0 aromatic heterocycles. The molecule has 2 nitrogen and oxygen atoms in total. The van der Waals surface area contributed by atoms with Crippen LogP contribution in [0, 0.1) is 0 Å². The predicted octanol–water partition coefficient (Wildman–Crippen LogP) is 3.60. The standard InChI is InChI=1S/C10H12ClNOS/c1-3-13-8-4-7(11)5-9-10(8)12-6(2)14-9/h4-6,12H,3H2,1-2H3. The molecule has 1 aliphatic rings. The molecule has 2 rings (SSSR count). The topological polar surface area (TPSA) is 21.3 Å². The number of thioether (sulfide) groups is 1. The first-order valence-electron chi connectivity index (χ1n) is 4.60. The van der Waals surface area contributed by atoms with Gasteiger partial charge in [0.1, 0.15) is 5.75 Å². The summed E-state index contributed by atoms with van der Waals surface area (Å²) in [6, 6.07) is 3.83. The number of anilines is 1. The first-order chi connectivity index (χ1) is 6.70. The Morgan fingerprint density at radius 1 is 1.57 bits per heavy atom.